The minimum absolute atomic E-state index is 0.508. The van der Waals surface area contributed by atoms with Gasteiger partial charge in [0.2, 0.25) is 11.5 Å². The predicted octanol–water partition coefficient (Wildman–Crippen LogP) is -0.291. The molecule has 0 saturated heterocycles. The molecule has 0 bridgehead atoms. The molecule has 0 heterocycles. The van der Waals surface area contributed by atoms with Crippen LogP contribution >= 0.6 is 11.6 Å². The molecule has 0 aliphatic heterocycles. The summed E-state index contributed by atoms with van der Waals surface area (Å²) in [5, 5.41) is 18.3. The zero-order chi connectivity index (χ0) is 8.15. The van der Waals surface area contributed by atoms with E-state index in [1.165, 1.54) is 0 Å². The number of hydrogen-bond acceptors (Lipinski definition) is 4. The zero-order valence-corrected chi connectivity index (χ0v) is 5.50. The number of alkyl halides is 1. The maximum absolute atomic E-state index is 10.4. The molecule has 5 nitrogen and oxygen atoms in total. The van der Waals surface area contributed by atoms with Crippen molar-refractivity contribution >= 4 is 29.1 Å². The number of ketones is 1. The molecule has 0 spiro atoms. The van der Waals surface area contributed by atoms with Crippen LogP contribution in [-0.2, 0) is 9.59 Å². The van der Waals surface area contributed by atoms with Gasteiger partial charge in [0.05, 0.1) is 5.88 Å². The number of nitrogens with zero attached hydrogens (tertiary/aromatic N) is 1. The molecule has 0 radical (unpaired) electrons. The van der Waals surface area contributed by atoms with Crippen LogP contribution < -0.4 is 0 Å². The second-order valence-electron chi connectivity index (χ2n) is 1.31. The normalized spacial score (nSPS) is 11.1. The fourth-order valence-corrected chi connectivity index (χ4v) is 0.408. The van der Waals surface area contributed by atoms with Gasteiger partial charge in [0, 0.05) is 0 Å². The molecule has 0 rings (SSSR count). The van der Waals surface area contributed by atoms with Gasteiger partial charge >= 0.3 is 5.97 Å². The highest BCUT2D eigenvalue weighted by atomic mass is 35.5. The Morgan fingerprint density at radius 2 is 2.00 bits per heavy atom. The van der Waals surface area contributed by atoms with Gasteiger partial charge in [-0.1, -0.05) is 5.16 Å². The number of carboxylic acids is 1. The number of aliphatic carboxylic acids is 1. The lowest BCUT2D eigenvalue weighted by Gasteiger charge is -1.90. The summed E-state index contributed by atoms with van der Waals surface area (Å²) in [5.74, 6) is -3.02. The van der Waals surface area contributed by atoms with Crippen molar-refractivity contribution in [3.05, 3.63) is 0 Å². The van der Waals surface area contributed by atoms with Crippen LogP contribution in [0.25, 0.3) is 0 Å². The maximum atomic E-state index is 10.4. The number of hydrogen-bond donors (Lipinski definition) is 2. The van der Waals surface area contributed by atoms with Crippen molar-refractivity contribution in [2.24, 2.45) is 5.16 Å². The molecule has 0 aromatic rings. The van der Waals surface area contributed by atoms with Crippen LogP contribution in [-0.4, -0.2) is 33.7 Å². The van der Waals surface area contributed by atoms with Crippen molar-refractivity contribution < 1.29 is 19.9 Å². The predicted molar refractivity (Wildman–Crippen MR) is 32.6 cm³/mol. The molecule has 6 heteroatoms. The first-order valence-electron chi connectivity index (χ1n) is 2.18. The van der Waals surface area contributed by atoms with E-state index in [1.54, 1.807) is 0 Å². The van der Waals surface area contributed by atoms with Crippen LogP contribution in [0.15, 0.2) is 5.16 Å². The van der Waals surface area contributed by atoms with Crippen LogP contribution in [0.1, 0.15) is 0 Å². The summed E-state index contributed by atoms with van der Waals surface area (Å²) in [5.41, 5.74) is -0.949. The summed E-state index contributed by atoms with van der Waals surface area (Å²) in [7, 11) is 0. The molecular formula is C4H4ClNO4. The summed E-state index contributed by atoms with van der Waals surface area (Å²) in [4.78, 5) is 20.3. The van der Waals surface area contributed by atoms with Crippen molar-refractivity contribution in [1.82, 2.24) is 0 Å². The van der Waals surface area contributed by atoms with Crippen molar-refractivity contribution in [1.29, 1.82) is 0 Å². The smallest absolute Gasteiger partial charge is 0.361 e. The van der Waals surface area contributed by atoms with Gasteiger partial charge in [0.15, 0.2) is 0 Å². The van der Waals surface area contributed by atoms with E-state index in [2.05, 4.69) is 5.16 Å². The quantitative estimate of drug-likeness (QED) is 0.198. The first-order chi connectivity index (χ1) is 4.63. The Morgan fingerprint density at radius 1 is 1.50 bits per heavy atom. The summed E-state index contributed by atoms with van der Waals surface area (Å²) >= 11 is 4.96. The van der Waals surface area contributed by atoms with Crippen molar-refractivity contribution in [3.63, 3.8) is 0 Å². The molecule has 0 atom stereocenters. The molecule has 2 N–H and O–H groups in total. The average Bonchev–Trinajstić information content (AvgIpc) is 1.88. The second-order valence-corrected chi connectivity index (χ2v) is 1.58. The minimum Gasteiger partial charge on any atom is -0.476 e. The Labute approximate surface area is 60.9 Å². The fraction of sp³-hybridized carbons (Fsp3) is 0.250. The summed E-state index contributed by atoms with van der Waals surface area (Å²) < 4.78 is 0. The Hall–Kier alpha value is -1.10. The van der Waals surface area contributed by atoms with Crippen LogP contribution in [0.4, 0.5) is 0 Å². The standard InChI is InChI=1S/C4H4ClNO4/c5-1-2(7)3(6-10)4(8)9/h10H,1H2,(H,8,9)/b6-3+. The lowest BCUT2D eigenvalue weighted by molar-refractivity contribution is -0.130. The Morgan fingerprint density at radius 3 is 2.10 bits per heavy atom. The third kappa shape index (κ3) is 2.02. The van der Waals surface area contributed by atoms with E-state index in [9.17, 15) is 9.59 Å². The largest absolute Gasteiger partial charge is 0.476 e. The van der Waals surface area contributed by atoms with E-state index in [-0.39, 0.29) is 0 Å². The van der Waals surface area contributed by atoms with Crippen LogP contribution in [0.5, 0.6) is 0 Å². The van der Waals surface area contributed by atoms with Crippen molar-refractivity contribution in [2.45, 2.75) is 0 Å². The highest BCUT2D eigenvalue weighted by Gasteiger charge is 2.18. The molecule has 0 aromatic heterocycles. The van der Waals surface area contributed by atoms with Gasteiger partial charge in [-0.3, -0.25) is 4.79 Å². The molecule has 0 aliphatic rings. The van der Waals surface area contributed by atoms with Gasteiger partial charge < -0.3 is 10.3 Å². The van der Waals surface area contributed by atoms with Crippen LogP contribution in [0, 0.1) is 0 Å². The number of rotatable bonds is 3. The first kappa shape index (κ1) is 8.90. The van der Waals surface area contributed by atoms with E-state index in [0.717, 1.165) is 0 Å². The Balaban J connectivity index is 4.39. The molecular weight excluding hydrogens is 162 g/mol. The zero-order valence-electron chi connectivity index (χ0n) is 4.74. The molecule has 0 amide bonds. The summed E-state index contributed by atoms with van der Waals surface area (Å²) in [6.07, 6.45) is 0. The van der Waals surface area contributed by atoms with E-state index < -0.39 is 23.3 Å². The van der Waals surface area contributed by atoms with E-state index in [0.29, 0.717) is 0 Å². The first-order valence-corrected chi connectivity index (χ1v) is 2.71. The molecule has 0 fully saturated rings. The second kappa shape index (κ2) is 3.84. The molecule has 0 aromatic carbocycles. The third-order valence-electron chi connectivity index (χ3n) is 0.688. The van der Waals surface area contributed by atoms with E-state index in [4.69, 9.17) is 21.9 Å². The highest BCUT2D eigenvalue weighted by Crippen LogP contribution is 1.85. The summed E-state index contributed by atoms with van der Waals surface area (Å²) in [6, 6.07) is 0. The van der Waals surface area contributed by atoms with Gasteiger partial charge in [-0.05, 0) is 0 Å². The van der Waals surface area contributed by atoms with E-state index in [1.807, 2.05) is 0 Å². The molecule has 0 unspecified atom stereocenters. The highest BCUT2D eigenvalue weighted by molar-refractivity contribution is 6.67. The molecule has 10 heavy (non-hydrogen) atoms. The van der Waals surface area contributed by atoms with Gasteiger partial charge in [0.1, 0.15) is 0 Å². The third-order valence-corrected chi connectivity index (χ3v) is 0.931. The van der Waals surface area contributed by atoms with Crippen LogP contribution in [0.3, 0.4) is 0 Å². The van der Waals surface area contributed by atoms with Crippen molar-refractivity contribution in [2.75, 3.05) is 5.88 Å². The van der Waals surface area contributed by atoms with E-state index >= 15 is 0 Å². The minimum atomic E-state index is -1.59. The molecule has 0 aliphatic carbocycles. The van der Waals surface area contributed by atoms with Gasteiger partial charge in [-0.25, -0.2) is 4.79 Å². The van der Waals surface area contributed by atoms with Crippen LogP contribution in [0.2, 0.25) is 0 Å². The number of carboxylic acid groups (broad SMARTS) is 1. The molecule has 0 saturated carbocycles. The Bertz CT molecular complexity index is 188. The van der Waals surface area contributed by atoms with Gasteiger partial charge in [0.25, 0.3) is 0 Å². The molecule has 56 valence electrons. The number of carbonyl (C=O) groups is 2. The lowest BCUT2D eigenvalue weighted by atomic mass is 10.3. The van der Waals surface area contributed by atoms with Gasteiger partial charge in [-0.2, -0.15) is 0 Å². The maximum Gasteiger partial charge on any atom is 0.361 e. The lowest BCUT2D eigenvalue weighted by Crippen LogP contribution is -2.24. The number of carbonyl (C=O) groups excluding carboxylic acids is 1. The fourth-order valence-electron chi connectivity index (χ4n) is 0.281. The average molecular weight is 166 g/mol. The van der Waals surface area contributed by atoms with Gasteiger partial charge in [-0.15, -0.1) is 11.6 Å². The number of halogens is 1. The summed E-state index contributed by atoms with van der Waals surface area (Å²) in [6.45, 7) is 0. The number of Topliss-reactive ketones (excluding diaryl/α,β-unsaturated/α-hetero) is 1. The Kier molecular flexibility index (Phi) is 3.42. The number of oxime groups is 1. The topological polar surface area (TPSA) is 87.0 Å². The monoisotopic (exact) mass is 165 g/mol. The van der Waals surface area contributed by atoms with Crippen molar-refractivity contribution in [3.8, 4) is 0 Å². The SMILES string of the molecule is O=C(O)/C(=N/O)C(=O)CCl.